The molecule has 0 aliphatic carbocycles. The van der Waals surface area contributed by atoms with Crippen molar-refractivity contribution in [3.8, 4) is 0 Å². The fourth-order valence-corrected chi connectivity index (χ4v) is 0.566. The molecule has 0 atom stereocenters. The second kappa shape index (κ2) is 4.85. The minimum atomic E-state index is -0.321. The minimum absolute atomic E-state index is 0.321. The molecular formula is C7H13NO2. The van der Waals surface area contributed by atoms with E-state index in [0.717, 1.165) is 12.2 Å². The summed E-state index contributed by atoms with van der Waals surface area (Å²) < 4.78 is 4.41. The molecule has 10 heavy (non-hydrogen) atoms. The molecule has 0 aromatic rings. The highest BCUT2D eigenvalue weighted by Crippen LogP contribution is 1.86. The van der Waals surface area contributed by atoms with Gasteiger partial charge in [-0.3, -0.25) is 0 Å². The number of hydrogen-bond acceptors (Lipinski definition) is 3. The van der Waals surface area contributed by atoms with Crippen LogP contribution in [0.1, 0.15) is 13.8 Å². The van der Waals surface area contributed by atoms with Crippen molar-refractivity contribution in [2.45, 2.75) is 13.8 Å². The van der Waals surface area contributed by atoms with Crippen molar-refractivity contribution in [1.29, 1.82) is 0 Å². The van der Waals surface area contributed by atoms with Crippen molar-refractivity contribution >= 4 is 5.97 Å². The van der Waals surface area contributed by atoms with Gasteiger partial charge in [0.25, 0.3) is 0 Å². The largest absolute Gasteiger partial charge is 0.466 e. The summed E-state index contributed by atoms with van der Waals surface area (Å²) in [5, 5.41) is 2.97. The number of ether oxygens (including phenoxy) is 1. The Balaban J connectivity index is 3.77. The number of rotatable bonds is 3. The molecule has 0 unspecified atom stereocenters. The van der Waals surface area contributed by atoms with Gasteiger partial charge in [-0.05, 0) is 13.8 Å². The lowest BCUT2D eigenvalue weighted by Crippen LogP contribution is -2.11. The fourth-order valence-electron chi connectivity index (χ4n) is 0.566. The molecule has 0 aromatic heterocycles. The maximum atomic E-state index is 10.6. The van der Waals surface area contributed by atoms with E-state index in [1.54, 1.807) is 0 Å². The minimum Gasteiger partial charge on any atom is -0.466 e. The van der Waals surface area contributed by atoms with E-state index in [-0.39, 0.29) is 5.97 Å². The second-order valence-corrected chi connectivity index (χ2v) is 1.88. The van der Waals surface area contributed by atoms with Crippen LogP contribution in [-0.2, 0) is 9.53 Å². The highest BCUT2D eigenvalue weighted by atomic mass is 16.5. The topological polar surface area (TPSA) is 38.3 Å². The molecule has 3 nitrogen and oxygen atoms in total. The van der Waals surface area contributed by atoms with Crippen LogP contribution in [0.3, 0.4) is 0 Å². The maximum absolute atomic E-state index is 10.6. The van der Waals surface area contributed by atoms with Gasteiger partial charge >= 0.3 is 5.97 Å². The third-order valence-corrected chi connectivity index (χ3v) is 0.991. The van der Waals surface area contributed by atoms with Crippen molar-refractivity contribution in [2.75, 3.05) is 13.7 Å². The number of nitrogens with one attached hydrogen (secondary N) is 1. The number of carbonyl (C=O) groups excluding carboxylic acids is 1. The van der Waals surface area contributed by atoms with Crippen LogP contribution < -0.4 is 5.32 Å². The van der Waals surface area contributed by atoms with Crippen LogP contribution in [0.25, 0.3) is 0 Å². The third kappa shape index (κ3) is 3.95. The second-order valence-electron chi connectivity index (χ2n) is 1.88. The highest BCUT2D eigenvalue weighted by Gasteiger charge is 1.93. The Hall–Kier alpha value is -0.990. The van der Waals surface area contributed by atoms with E-state index in [1.165, 1.54) is 13.2 Å². The zero-order chi connectivity index (χ0) is 7.98. The maximum Gasteiger partial charge on any atom is 0.332 e. The molecule has 0 aromatic carbocycles. The SMILES string of the molecule is CCN/C(C)=C\C(=O)OC. The zero-order valence-corrected chi connectivity index (χ0v) is 6.60. The average Bonchev–Trinajstić information content (AvgIpc) is 1.88. The Kier molecular flexibility index (Phi) is 4.37. The van der Waals surface area contributed by atoms with Crippen molar-refractivity contribution in [2.24, 2.45) is 0 Å². The highest BCUT2D eigenvalue weighted by molar-refractivity contribution is 5.82. The Bertz CT molecular complexity index is 141. The van der Waals surface area contributed by atoms with Gasteiger partial charge in [-0.2, -0.15) is 0 Å². The molecule has 0 aliphatic rings. The van der Waals surface area contributed by atoms with Gasteiger partial charge in [-0.25, -0.2) is 4.79 Å². The summed E-state index contributed by atoms with van der Waals surface area (Å²) in [5.41, 5.74) is 0.828. The van der Waals surface area contributed by atoms with Crippen LogP contribution in [0.5, 0.6) is 0 Å². The van der Waals surface area contributed by atoms with Gasteiger partial charge < -0.3 is 10.1 Å². The average molecular weight is 143 g/mol. The van der Waals surface area contributed by atoms with Crippen molar-refractivity contribution in [3.05, 3.63) is 11.8 Å². The monoisotopic (exact) mass is 143 g/mol. The first-order valence-electron chi connectivity index (χ1n) is 3.20. The Morgan fingerprint density at radius 3 is 2.70 bits per heavy atom. The molecule has 0 fully saturated rings. The van der Waals surface area contributed by atoms with Gasteiger partial charge in [0, 0.05) is 18.3 Å². The third-order valence-electron chi connectivity index (χ3n) is 0.991. The lowest BCUT2D eigenvalue weighted by atomic mass is 10.4. The number of hydrogen-bond donors (Lipinski definition) is 1. The molecule has 0 amide bonds. The Morgan fingerprint density at radius 2 is 2.30 bits per heavy atom. The molecular weight excluding hydrogens is 130 g/mol. The van der Waals surface area contributed by atoms with E-state index in [1.807, 2.05) is 13.8 Å². The molecule has 0 radical (unpaired) electrons. The summed E-state index contributed by atoms with van der Waals surface area (Å²) in [5.74, 6) is -0.321. The van der Waals surface area contributed by atoms with Crippen LogP contribution in [-0.4, -0.2) is 19.6 Å². The molecule has 1 N–H and O–H groups in total. The van der Waals surface area contributed by atoms with E-state index in [4.69, 9.17) is 0 Å². The molecule has 58 valence electrons. The zero-order valence-electron chi connectivity index (χ0n) is 6.60. The van der Waals surface area contributed by atoms with E-state index in [9.17, 15) is 4.79 Å². The van der Waals surface area contributed by atoms with Crippen LogP contribution in [0.15, 0.2) is 11.8 Å². The van der Waals surface area contributed by atoms with Crippen molar-refractivity contribution in [3.63, 3.8) is 0 Å². The van der Waals surface area contributed by atoms with Gasteiger partial charge in [0.05, 0.1) is 7.11 Å². The summed E-state index contributed by atoms with van der Waals surface area (Å²) in [6.07, 6.45) is 1.42. The van der Waals surface area contributed by atoms with Gasteiger partial charge in [0.15, 0.2) is 0 Å². The van der Waals surface area contributed by atoms with Crippen LogP contribution in [0.4, 0.5) is 0 Å². The molecule has 0 bridgehead atoms. The van der Waals surface area contributed by atoms with Gasteiger partial charge in [0.1, 0.15) is 0 Å². The molecule has 0 saturated carbocycles. The molecule has 0 saturated heterocycles. The fraction of sp³-hybridized carbons (Fsp3) is 0.571. The number of allylic oxidation sites excluding steroid dienone is 1. The van der Waals surface area contributed by atoms with E-state index < -0.39 is 0 Å². The molecule has 0 heterocycles. The Labute approximate surface area is 61.1 Å². The summed E-state index contributed by atoms with van der Waals surface area (Å²) in [7, 11) is 1.36. The van der Waals surface area contributed by atoms with Gasteiger partial charge in [-0.15, -0.1) is 0 Å². The first-order valence-corrected chi connectivity index (χ1v) is 3.20. The van der Waals surface area contributed by atoms with Crippen molar-refractivity contribution in [1.82, 2.24) is 5.32 Å². The number of esters is 1. The van der Waals surface area contributed by atoms with E-state index in [0.29, 0.717) is 0 Å². The molecule has 0 spiro atoms. The van der Waals surface area contributed by atoms with Crippen molar-refractivity contribution < 1.29 is 9.53 Å². The number of methoxy groups -OCH3 is 1. The predicted octanol–water partition coefficient (Wildman–Crippen LogP) is 0.673. The molecule has 3 heteroatoms. The first-order chi connectivity index (χ1) is 4.70. The van der Waals surface area contributed by atoms with Gasteiger partial charge in [-0.1, -0.05) is 0 Å². The smallest absolute Gasteiger partial charge is 0.332 e. The van der Waals surface area contributed by atoms with Gasteiger partial charge in [0.2, 0.25) is 0 Å². The lowest BCUT2D eigenvalue weighted by Gasteiger charge is -2.00. The van der Waals surface area contributed by atoms with E-state index in [2.05, 4.69) is 10.1 Å². The standard InChI is InChI=1S/C7H13NO2/c1-4-8-6(2)5-7(9)10-3/h5,8H,4H2,1-3H3/b6-5-. The van der Waals surface area contributed by atoms with Crippen LogP contribution >= 0.6 is 0 Å². The summed E-state index contributed by atoms with van der Waals surface area (Å²) in [4.78, 5) is 10.6. The molecule has 0 aliphatic heterocycles. The lowest BCUT2D eigenvalue weighted by molar-refractivity contribution is -0.134. The predicted molar refractivity (Wildman–Crippen MR) is 39.4 cm³/mol. The normalized spacial score (nSPS) is 10.9. The Morgan fingerprint density at radius 1 is 1.70 bits per heavy atom. The summed E-state index contributed by atoms with van der Waals surface area (Å²) in [6, 6.07) is 0. The first kappa shape index (κ1) is 9.01. The van der Waals surface area contributed by atoms with Crippen LogP contribution in [0.2, 0.25) is 0 Å². The summed E-state index contributed by atoms with van der Waals surface area (Å²) in [6.45, 7) is 4.61. The van der Waals surface area contributed by atoms with Crippen LogP contribution in [0, 0.1) is 0 Å². The molecule has 0 rings (SSSR count). The quantitative estimate of drug-likeness (QED) is 0.466. The summed E-state index contributed by atoms with van der Waals surface area (Å²) >= 11 is 0. The van der Waals surface area contributed by atoms with E-state index >= 15 is 0 Å². The number of carbonyl (C=O) groups is 1.